The number of amides is 2. The molecule has 0 bridgehead atoms. The summed E-state index contributed by atoms with van der Waals surface area (Å²) >= 11 is 0. The number of nitrogens with one attached hydrogen (secondary N) is 3. The number of carbonyl (C=O) groups excluding carboxylic acids is 2. The molecule has 1 aromatic carbocycles. The van der Waals surface area contributed by atoms with Crippen molar-refractivity contribution in [1.82, 2.24) is 5.32 Å². The number of hydrogen-bond acceptors (Lipinski definition) is 4. The lowest BCUT2D eigenvalue weighted by atomic mass is 9.98. The molecular formula is C17H25N3O3. The molecule has 0 spiro atoms. The summed E-state index contributed by atoms with van der Waals surface area (Å²) in [7, 11) is 1.56. The Bertz CT molecular complexity index is 566. The van der Waals surface area contributed by atoms with Crippen LogP contribution in [0.5, 0.6) is 5.75 Å². The first-order chi connectivity index (χ1) is 11.0. The van der Waals surface area contributed by atoms with Crippen molar-refractivity contribution in [3.8, 4) is 5.75 Å². The molecule has 1 aliphatic rings. The van der Waals surface area contributed by atoms with Gasteiger partial charge in [0.2, 0.25) is 11.8 Å². The molecular weight excluding hydrogens is 294 g/mol. The van der Waals surface area contributed by atoms with Gasteiger partial charge < -0.3 is 20.7 Å². The van der Waals surface area contributed by atoms with Crippen LogP contribution in [-0.2, 0) is 9.59 Å². The van der Waals surface area contributed by atoms with Gasteiger partial charge in [0.25, 0.3) is 0 Å². The Kier molecular flexibility index (Phi) is 5.98. The van der Waals surface area contributed by atoms with E-state index >= 15 is 0 Å². The van der Waals surface area contributed by atoms with Crippen LogP contribution in [0.25, 0.3) is 0 Å². The van der Waals surface area contributed by atoms with Gasteiger partial charge in [0.05, 0.1) is 24.4 Å². The summed E-state index contributed by atoms with van der Waals surface area (Å²) in [6.45, 7) is 5.29. The van der Waals surface area contributed by atoms with Crippen molar-refractivity contribution < 1.29 is 14.3 Å². The zero-order valence-corrected chi connectivity index (χ0v) is 13.9. The molecule has 0 unspecified atom stereocenters. The SMILES string of the molecule is COc1ccc(NC(=O)[C@@H]2CCCNC2)c(NC(=O)C(C)C)c1. The van der Waals surface area contributed by atoms with Crippen LogP contribution in [0, 0.1) is 11.8 Å². The highest BCUT2D eigenvalue weighted by atomic mass is 16.5. The summed E-state index contributed by atoms with van der Waals surface area (Å²) in [4.78, 5) is 24.4. The van der Waals surface area contributed by atoms with Gasteiger partial charge in [-0.1, -0.05) is 13.8 Å². The third kappa shape index (κ3) is 4.69. The van der Waals surface area contributed by atoms with E-state index in [0.29, 0.717) is 23.7 Å². The number of anilines is 2. The molecule has 126 valence electrons. The second-order valence-corrected chi connectivity index (χ2v) is 6.09. The summed E-state index contributed by atoms with van der Waals surface area (Å²) in [6, 6.07) is 5.23. The fraction of sp³-hybridized carbons (Fsp3) is 0.529. The van der Waals surface area contributed by atoms with Crippen LogP contribution in [0.2, 0.25) is 0 Å². The molecule has 0 aromatic heterocycles. The topological polar surface area (TPSA) is 79.5 Å². The summed E-state index contributed by atoms with van der Waals surface area (Å²) in [5.41, 5.74) is 1.15. The van der Waals surface area contributed by atoms with Crippen LogP contribution < -0.4 is 20.7 Å². The normalized spacial score (nSPS) is 17.7. The molecule has 0 saturated carbocycles. The maximum absolute atomic E-state index is 12.4. The molecule has 1 fully saturated rings. The van der Waals surface area contributed by atoms with Gasteiger partial charge in [-0.2, -0.15) is 0 Å². The standard InChI is InChI=1S/C17H25N3O3/c1-11(2)16(21)20-15-9-13(23-3)6-7-14(15)19-17(22)12-5-4-8-18-10-12/h6-7,9,11-12,18H,4-5,8,10H2,1-3H3,(H,19,22)(H,20,21)/t12-/m1/s1. The van der Waals surface area contributed by atoms with Crippen LogP contribution >= 0.6 is 0 Å². The second kappa shape index (κ2) is 7.97. The van der Waals surface area contributed by atoms with E-state index < -0.39 is 0 Å². The number of benzene rings is 1. The highest BCUT2D eigenvalue weighted by Gasteiger charge is 2.22. The first-order valence-corrected chi connectivity index (χ1v) is 8.01. The molecule has 2 amide bonds. The van der Waals surface area contributed by atoms with E-state index in [1.807, 2.05) is 13.8 Å². The molecule has 1 atom stereocenters. The zero-order valence-electron chi connectivity index (χ0n) is 13.9. The van der Waals surface area contributed by atoms with Crippen molar-refractivity contribution in [1.29, 1.82) is 0 Å². The van der Waals surface area contributed by atoms with E-state index in [4.69, 9.17) is 4.74 Å². The smallest absolute Gasteiger partial charge is 0.228 e. The van der Waals surface area contributed by atoms with Crippen molar-refractivity contribution in [2.24, 2.45) is 11.8 Å². The van der Waals surface area contributed by atoms with E-state index in [1.165, 1.54) is 0 Å². The number of rotatable bonds is 5. The molecule has 1 aliphatic heterocycles. The molecule has 1 aromatic rings. The van der Waals surface area contributed by atoms with Crippen LogP contribution in [0.15, 0.2) is 18.2 Å². The molecule has 23 heavy (non-hydrogen) atoms. The van der Waals surface area contributed by atoms with Crippen LogP contribution in [-0.4, -0.2) is 32.0 Å². The molecule has 0 aliphatic carbocycles. The minimum atomic E-state index is -0.146. The summed E-state index contributed by atoms with van der Waals surface area (Å²) in [6.07, 6.45) is 1.88. The number of methoxy groups -OCH3 is 1. The number of hydrogen-bond donors (Lipinski definition) is 3. The minimum absolute atomic E-state index is 0.0255. The Morgan fingerprint density at radius 3 is 2.65 bits per heavy atom. The van der Waals surface area contributed by atoms with Crippen molar-refractivity contribution in [3.05, 3.63) is 18.2 Å². The van der Waals surface area contributed by atoms with E-state index in [1.54, 1.807) is 25.3 Å². The van der Waals surface area contributed by atoms with Crippen molar-refractivity contribution >= 4 is 23.2 Å². The van der Waals surface area contributed by atoms with Gasteiger partial charge >= 0.3 is 0 Å². The third-order valence-corrected chi connectivity index (χ3v) is 3.93. The maximum Gasteiger partial charge on any atom is 0.228 e. The first-order valence-electron chi connectivity index (χ1n) is 8.01. The lowest BCUT2D eigenvalue weighted by molar-refractivity contribution is -0.120. The average molecular weight is 319 g/mol. The van der Waals surface area contributed by atoms with Gasteiger partial charge in [-0.25, -0.2) is 0 Å². The van der Waals surface area contributed by atoms with Crippen LogP contribution in [0.4, 0.5) is 11.4 Å². The third-order valence-electron chi connectivity index (χ3n) is 3.93. The van der Waals surface area contributed by atoms with Crippen molar-refractivity contribution in [3.63, 3.8) is 0 Å². The first kappa shape index (κ1) is 17.3. The van der Waals surface area contributed by atoms with E-state index in [0.717, 1.165) is 19.4 Å². The predicted molar refractivity (Wildman–Crippen MR) is 90.7 cm³/mol. The van der Waals surface area contributed by atoms with E-state index in [2.05, 4.69) is 16.0 Å². The quantitative estimate of drug-likeness (QED) is 0.777. The average Bonchev–Trinajstić information content (AvgIpc) is 2.56. The van der Waals surface area contributed by atoms with Crippen molar-refractivity contribution in [2.75, 3.05) is 30.8 Å². The minimum Gasteiger partial charge on any atom is -0.497 e. The van der Waals surface area contributed by atoms with Gasteiger partial charge in [0.15, 0.2) is 0 Å². The summed E-state index contributed by atoms with van der Waals surface area (Å²) in [5.74, 6) is 0.309. The number of piperidine rings is 1. The highest BCUT2D eigenvalue weighted by molar-refractivity contribution is 6.01. The lowest BCUT2D eigenvalue weighted by Crippen LogP contribution is -2.37. The van der Waals surface area contributed by atoms with Crippen LogP contribution in [0.1, 0.15) is 26.7 Å². The molecule has 1 saturated heterocycles. The molecule has 2 rings (SSSR count). The summed E-state index contributed by atoms with van der Waals surface area (Å²) < 4.78 is 5.20. The maximum atomic E-state index is 12.4. The fourth-order valence-electron chi connectivity index (χ4n) is 2.45. The van der Waals surface area contributed by atoms with Gasteiger partial charge in [0.1, 0.15) is 5.75 Å². The second-order valence-electron chi connectivity index (χ2n) is 6.09. The van der Waals surface area contributed by atoms with Gasteiger partial charge in [-0.05, 0) is 31.5 Å². The van der Waals surface area contributed by atoms with E-state index in [-0.39, 0.29) is 23.7 Å². The monoisotopic (exact) mass is 319 g/mol. The lowest BCUT2D eigenvalue weighted by Gasteiger charge is -2.23. The largest absolute Gasteiger partial charge is 0.497 e. The fourth-order valence-corrected chi connectivity index (χ4v) is 2.45. The van der Waals surface area contributed by atoms with E-state index in [9.17, 15) is 9.59 Å². The van der Waals surface area contributed by atoms with Crippen LogP contribution in [0.3, 0.4) is 0 Å². The Labute approximate surface area is 137 Å². The van der Waals surface area contributed by atoms with Gasteiger partial charge in [-0.15, -0.1) is 0 Å². The van der Waals surface area contributed by atoms with Gasteiger partial charge in [-0.3, -0.25) is 9.59 Å². The molecule has 1 heterocycles. The molecule has 3 N–H and O–H groups in total. The number of ether oxygens (including phenoxy) is 1. The molecule has 6 nitrogen and oxygen atoms in total. The van der Waals surface area contributed by atoms with Crippen molar-refractivity contribution in [2.45, 2.75) is 26.7 Å². The highest BCUT2D eigenvalue weighted by Crippen LogP contribution is 2.28. The molecule has 6 heteroatoms. The summed E-state index contributed by atoms with van der Waals surface area (Å²) in [5, 5.41) is 9.00. The van der Waals surface area contributed by atoms with Gasteiger partial charge in [0, 0.05) is 18.5 Å². The Balaban J connectivity index is 2.15. The Hall–Kier alpha value is -2.08. The predicted octanol–water partition coefficient (Wildman–Crippen LogP) is 2.23. The number of carbonyl (C=O) groups is 2. The Morgan fingerprint density at radius 2 is 2.04 bits per heavy atom. The zero-order chi connectivity index (χ0) is 16.8. The Morgan fingerprint density at radius 1 is 1.26 bits per heavy atom. The molecule has 0 radical (unpaired) electrons.